The maximum atomic E-state index is 12.1. The van der Waals surface area contributed by atoms with Crippen molar-refractivity contribution in [2.24, 2.45) is 10.9 Å². The first-order valence-electron chi connectivity index (χ1n) is 10.7. The molecule has 1 unspecified atom stereocenters. The van der Waals surface area contributed by atoms with Crippen molar-refractivity contribution in [2.45, 2.75) is 47.1 Å². The number of rotatable bonds is 11. The Bertz CT molecular complexity index is 604. The van der Waals surface area contributed by atoms with E-state index in [0.29, 0.717) is 24.7 Å². The average Bonchev–Trinajstić information content (AvgIpc) is 2.76. The molecule has 0 saturated heterocycles. The van der Waals surface area contributed by atoms with Gasteiger partial charge in [-0.25, -0.2) is 4.79 Å². The lowest BCUT2D eigenvalue weighted by Gasteiger charge is -2.24. The Balaban J connectivity index is 2.57. The van der Waals surface area contributed by atoms with Crippen molar-refractivity contribution < 1.29 is 4.79 Å². The molecule has 4 N–H and O–H groups in total. The SMILES string of the molecule is C=C(NCCN(CC)CC)C1CN=C/C(NC(=O)NCCC(C)C)=C\C=C(/C)N1. The Morgan fingerprint density at radius 2 is 2.00 bits per heavy atom. The van der Waals surface area contributed by atoms with E-state index in [2.05, 4.69) is 65.4 Å². The summed E-state index contributed by atoms with van der Waals surface area (Å²) in [6, 6.07) is -0.215. The topological polar surface area (TPSA) is 80.8 Å². The summed E-state index contributed by atoms with van der Waals surface area (Å²) in [6.45, 7) is 19.9. The number of nitrogens with one attached hydrogen (secondary N) is 4. The molecule has 0 spiro atoms. The van der Waals surface area contributed by atoms with Crippen molar-refractivity contribution >= 4 is 12.2 Å². The monoisotopic (exact) mass is 404 g/mol. The quantitative estimate of drug-likeness (QED) is 0.427. The van der Waals surface area contributed by atoms with Crippen LogP contribution in [-0.2, 0) is 0 Å². The van der Waals surface area contributed by atoms with Gasteiger partial charge < -0.3 is 26.2 Å². The van der Waals surface area contributed by atoms with Crippen molar-refractivity contribution in [1.29, 1.82) is 0 Å². The fourth-order valence-corrected chi connectivity index (χ4v) is 2.84. The van der Waals surface area contributed by atoms with Crippen molar-refractivity contribution in [3.63, 3.8) is 0 Å². The number of carbonyl (C=O) groups is 1. The minimum atomic E-state index is -0.208. The highest BCUT2D eigenvalue weighted by Crippen LogP contribution is 2.04. The molecule has 2 amide bonds. The summed E-state index contributed by atoms with van der Waals surface area (Å²) < 4.78 is 0. The molecule has 0 bridgehead atoms. The molecular formula is C22H40N6O. The van der Waals surface area contributed by atoms with Gasteiger partial charge in [-0.2, -0.15) is 0 Å². The summed E-state index contributed by atoms with van der Waals surface area (Å²) in [6.07, 6.45) is 6.45. The molecular weight excluding hydrogens is 364 g/mol. The van der Waals surface area contributed by atoms with Gasteiger partial charge in [-0.3, -0.25) is 4.99 Å². The summed E-state index contributed by atoms with van der Waals surface area (Å²) in [5, 5.41) is 12.6. The van der Waals surface area contributed by atoms with Crippen LogP contribution in [-0.4, -0.2) is 62.5 Å². The predicted octanol–water partition coefficient (Wildman–Crippen LogP) is 2.61. The lowest BCUT2D eigenvalue weighted by molar-refractivity contribution is 0.243. The van der Waals surface area contributed by atoms with Crippen LogP contribution in [0.1, 0.15) is 41.0 Å². The van der Waals surface area contributed by atoms with Crippen LogP contribution >= 0.6 is 0 Å². The zero-order chi connectivity index (χ0) is 21.6. The fraction of sp³-hybridized carbons (Fsp3) is 0.636. The van der Waals surface area contributed by atoms with Crippen LogP contribution < -0.4 is 21.3 Å². The number of hydrogen-bond donors (Lipinski definition) is 4. The molecule has 29 heavy (non-hydrogen) atoms. The summed E-state index contributed by atoms with van der Waals surface area (Å²) in [5.74, 6) is 0.559. The van der Waals surface area contributed by atoms with Crippen LogP contribution in [0.15, 0.2) is 40.8 Å². The number of allylic oxidation sites excluding steroid dienone is 4. The Kier molecular flexibility index (Phi) is 11.8. The molecule has 164 valence electrons. The Hall–Kier alpha value is -2.28. The molecule has 0 aromatic carbocycles. The van der Waals surface area contributed by atoms with Gasteiger partial charge in [0.2, 0.25) is 0 Å². The smallest absolute Gasteiger partial charge is 0.319 e. The van der Waals surface area contributed by atoms with E-state index in [1.807, 2.05) is 19.1 Å². The molecule has 1 aliphatic heterocycles. The van der Waals surface area contributed by atoms with E-state index in [-0.39, 0.29) is 12.1 Å². The Morgan fingerprint density at radius 1 is 1.28 bits per heavy atom. The molecule has 0 fully saturated rings. The van der Waals surface area contributed by atoms with Crippen LogP contribution in [0.25, 0.3) is 0 Å². The highest BCUT2D eigenvalue weighted by molar-refractivity contribution is 5.87. The van der Waals surface area contributed by atoms with Crippen LogP contribution in [0.5, 0.6) is 0 Å². The highest BCUT2D eigenvalue weighted by Gasteiger charge is 2.13. The third kappa shape index (κ3) is 10.7. The normalized spacial score (nSPS) is 20.4. The van der Waals surface area contributed by atoms with Crippen molar-refractivity contribution in [2.75, 3.05) is 39.3 Å². The number of urea groups is 1. The number of hydrogen-bond acceptors (Lipinski definition) is 5. The van der Waals surface area contributed by atoms with Gasteiger partial charge in [0.15, 0.2) is 0 Å². The predicted molar refractivity (Wildman–Crippen MR) is 123 cm³/mol. The maximum Gasteiger partial charge on any atom is 0.319 e. The maximum absolute atomic E-state index is 12.1. The zero-order valence-electron chi connectivity index (χ0n) is 18.8. The molecule has 7 nitrogen and oxygen atoms in total. The molecule has 0 aromatic heterocycles. The van der Waals surface area contributed by atoms with Gasteiger partial charge in [0.1, 0.15) is 0 Å². The van der Waals surface area contributed by atoms with Gasteiger partial charge >= 0.3 is 6.03 Å². The number of aliphatic imine (C=N–C) groups is 1. The van der Waals surface area contributed by atoms with E-state index >= 15 is 0 Å². The summed E-state index contributed by atoms with van der Waals surface area (Å²) >= 11 is 0. The van der Waals surface area contributed by atoms with Crippen molar-refractivity contribution in [3.8, 4) is 0 Å². The molecule has 0 aromatic rings. The first kappa shape index (κ1) is 24.8. The molecule has 0 aliphatic carbocycles. The van der Waals surface area contributed by atoms with Crippen LogP contribution in [0.2, 0.25) is 0 Å². The van der Waals surface area contributed by atoms with Gasteiger partial charge in [-0.1, -0.05) is 34.3 Å². The fourth-order valence-electron chi connectivity index (χ4n) is 2.84. The number of carbonyl (C=O) groups excluding carboxylic acids is 1. The van der Waals surface area contributed by atoms with E-state index in [0.717, 1.165) is 44.0 Å². The minimum absolute atomic E-state index is 0.00757. The lowest BCUT2D eigenvalue weighted by Crippen LogP contribution is -2.40. The molecule has 1 aliphatic rings. The summed E-state index contributed by atoms with van der Waals surface area (Å²) in [7, 11) is 0. The second-order valence-corrected chi connectivity index (χ2v) is 7.71. The van der Waals surface area contributed by atoms with Crippen LogP contribution in [0.4, 0.5) is 4.79 Å². The van der Waals surface area contributed by atoms with Gasteiger partial charge in [-0.15, -0.1) is 0 Å². The molecule has 0 saturated carbocycles. The number of likely N-dealkylation sites (N-methyl/N-ethyl adjacent to an activating group) is 1. The third-order valence-electron chi connectivity index (χ3n) is 4.79. The Labute approximate surface area is 176 Å². The number of amides is 2. The van der Waals surface area contributed by atoms with Gasteiger partial charge in [0, 0.05) is 37.2 Å². The molecule has 0 radical (unpaired) electrons. The van der Waals surface area contributed by atoms with Gasteiger partial charge in [0.05, 0.1) is 18.3 Å². The second kappa shape index (κ2) is 13.8. The van der Waals surface area contributed by atoms with Crippen molar-refractivity contribution in [1.82, 2.24) is 26.2 Å². The third-order valence-corrected chi connectivity index (χ3v) is 4.79. The van der Waals surface area contributed by atoms with Gasteiger partial charge in [-0.05, 0) is 44.5 Å². The van der Waals surface area contributed by atoms with E-state index in [9.17, 15) is 4.79 Å². The number of nitrogens with zero attached hydrogens (tertiary/aromatic N) is 2. The average molecular weight is 405 g/mol. The molecule has 1 atom stereocenters. The second-order valence-electron chi connectivity index (χ2n) is 7.71. The molecule has 1 heterocycles. The zero-order valence-corrected chi connectivity index (χ0v) is 18.8. The first-order valence-corrected chi connectivity index (χ1v) is 10.7. The van der Waals surface area contributed by atoms with E-state index in [1.54, 1.807) is 6.21 Å². The van der Waals surface area contributed by atoms with E-state index < -0.39 is 0 Å². The highest BCUT2D eigenvalue weighted by atomic mass is 16.2. The van der Waals surface area contributed by atoms with E-state index in [1.165, 1.54) is 0 Å². The van der Waals surface area contributed by atoms with E-state index in [4.69, 9.17) is 0 Å². The lowest BCUT2D eigenvalue weighted by atomic mass is 10.1. The van der Waals surface area contributed by atoms with Crippen LogP contribution in [0.3, 0.4) is 0 Å². The van der Waals surface area contributed by atoms with Crippen LogP contribution in [0, 0.1) is 5.92 Å². The van der Waals surface area contributed by atoms with Crippen molar-refractivity contribution in [3.05, 3.63) is 35.8 Å². The summed E-state index contributed by atoms with van der Waals surface area (Å²) in [4.78, 5) is 18.9. The molecule has 1 rings (SSSR count). The summed E-state index contributed by atoms with van der Waals surface area (Å²) in [5.41, 5.74) is 2.57. The van der Waals surface area contributed by atoms with Gasteiger partial charge in [0.25, 0.3) is 0 Å². The largest absolute Gasteiger partial charge is 0.386 e. The molecule has 7 heteroatoms. The minimum Gasteiger partial charge on any atom is -0.386 e. The first-order chi connectivity index (χ1) is 13.8. The Morgan fingerprint density at radius 3 is 2.66 bits per heavy atom. The standard InChI is InChI=1S/C22H40N6O/c1-7-28(8-2)14-13-24-19(6)21-16-23-15-20(10-9-18(5)26-21)27-22(29)25-12-11-17(3)4/h9-10,15,17,21,24,26H,6-8,11-14,16H2,1-5H3,(H2,25,27,29)/b18-9+,20-10+,23-15?.